The summed E-state index contributed by atoms with van der Waals surface area (Å²) < 4.78 is 12.4. The predicted molar refractivity (Wildman–Crippen MR) is 40.8 cm³/mol. The molecule has 1 heterocycles. The van der Waals surface area contributed by atoms with Crippen LogP contribution in [0.15, 0.2) is 12.3 Å². The number of hydrogen-bond acceptors (Lipinski definition) is 3. The van der Waals surface area contributed by atoms with Crippen molar-refractivity contribution < 1.29 is 4.39 Å². The van der Waals surface area contributed by atoms with Crippen molar-refractivity contribution in [3.8, 4) is 0 Å². The van der Waals surface area contributed by atoms with Crippen LogP contribution in [0.1, 0.15) is 13.3 Å². The van der Waals surface area contributed by atoms with Crippen molar-refractivity contribution in [2.75, 3.05) is 11.9 Å². The topological polar surface area (TPSA) is 37.8 Å². The van der Waals surface area contributed by atoms with E-state index in [4.69, 9.17) is 0 Å². The molecule has 1 aromatic heterocycles. The molecule has 4 heteroatoms. The highest BCUT2D eigenvalue weighted by Crippen LogP contribution is 1.97. The van der Waals surface area contributed by atoms with Crippen LogP contribution >= 0.6 is 0 Å². The molecular weight excluding hydrogens is 145 g/mol. The second kappa shape index (κ2) is 3.85. The minimum Gasteiger partial charge on any atom is -0.354 e. The molecule has 0 radical (unpaired) electrons. The third kappa shape index (κ3) is 2.49. The van der Waals surface area contributed by atoms with Crippen molar-refractivity contribution in [2.45, 2.75) is 13.3 Å². The van der Waals surface area contributed by atoms with E-state index in [9.17, 15) is 4.39 Å². The van der Waals surface area contributed by atoms with Crippen molar-refractivity contribution in [3.05, 3.63) is 18.2 Å². The molecule has 0 unspecified atom stereocenters. The largest absolute Gasteiger partial charge is 0.354 e. The van der Waals surface area contributed by atoms with Gasteiger partial charge in [0.1, 0.15) is 0 Å². The first-order valence-electron chi connectivity index (χ1n) is 3.55. The highest BCUT2D eigenvalue weighted by Gasteiger charge is 1.94. The number of rotatable bonds is 3. The van der Waals surface area contributed by atoms with Crippen molar-refractivity contribution in [3.63, 3.8) is 0 Å². The second-order valence-electron chi connectivity index (χ2n) is 2.13. The summed E-state index contributed by atoms with van der Waals surface area (Å²) in [4.78, 5) is 7.34. The average molecular weight is 155 g/mol. The first-order valence-corrected chi connectivity index (χ1v) is 3.55. The van der Waals surface area contributed by atoms with E-state index in [2.05, 4.69) is 15.3 Å². The van der Waals surface area contributed by atoms with E-state index in [-0.39, 0.29) is 0 Å². The average Bonchev–Trinajstić information content (AvgIpc) is 2.01. The lowest BCUT2D eigenvalue weighted by Gasteiger charge is -2.00. The second-order valence-corrected chi connectivity index (χ2v) is 2.13. The Morgan fingerprint density at radius 2 is 2.45 bits per heavy atom. The minimum atomic E-state index is -0.501. The van der Waals surface area contributed by atoms with E-state index >= 15 is 0 Å². The van der Waals surface area contributed by atoms with Gasteiger partial charge in [0.15, 0.2) is 0 Å². The van der Waals surface area contributed by atoms with Gasteiger partial charge in [0.2, 0.25) is 11.9 Å². The monoisotopic (exact) mass is 155 g/mol. The zero-order valence-corrected chi connectivity index (χ0v) is 6.34. The number of nitrogens with zero attached hydrogens (tertiary/aromatic N) is 2. The van der Waals surface area contributed by atoms with Crippen LogP contribution in [0.5, 0.6) is 0 Å². The number of aromatic nitrogens is 2. The van der Waals surface area contributed by atoms with E-state index in [1.165, 1.54) is 12.3 Å². The molecule has 0 bridgehead atoms. The number of anilines is 1. The van der Waals surface area contributed by atoms with E-state index in [0.717, 1.165) is 13.0 Å². The molecule has 1 rings (SSSR count). The maximum Gasteiger partial charge on any atom is 0.225 e. The summed E-state index contributed by atoms with van der Waals surface area (Å²) in [5.74, 6) is -0.148. The highest BCUT2D eigenvalue weighted by atomic mass is 19.1. The molecule has 0 spiro atoms. The molecule has 1 aromatic rings. The SMILES string of the molecule is CCCNc1nccc(F)n1. The first-order chi connectivity index (χ1) is 5.33. The molecule has 11 heavy (non-hydrogen) atoms. The van der Waals surface area contributed by atoms with Crippen LogP contribution in [0, 0.1) is 5.95 Å². The molecule has 0 amide bonds. The van der Waals surface area contributed by atoms with Crippen molar-refractivity contribution in [2.24, 2.45) is 0 Å². The first kappa shape index (κ1) is 7.91. The maximum atomic E-state index is 12.4. The fourth-order valence-electron chi connectivity index (χ4n) is 0.659. The smallest absolute Gasteiger partial charge is 0.225 e. The summed E-state index contributed by atoms with van der Waals surface area (Å²) in [6, 6.07) is 1.22. The van der Waals surface area contributed by atoms with Crippen molar-refractivity contribution >= 4 is 5.95 Å². The molecule has 1 N–H and O–H groups in total. The maximum absolute atomic E-state index is 12.4. The Morgan fingerprint density at radius 3 is 3.09 bits per heavy atom. The molecule has 0 aromatic carbocycles. The number of halogens is 1. The molecule has 0 aliphatic carbocycles. The molecule has 0 saturated carbocycles. The Bertz CT molecular complexity index is 227. The molecule has 60 valence electrons. The van der Waals surface area contributed by atoms with E-state index in [0.29, 0.717) is 5.95 Å². The molecule has 3 nitrogen and oxygen atoms in total. The van der Waals surface area contributed by atoms with Gasteiger partial charge in [-0.2, -0.15) is 9.37 Å². The summed E-state index contributed by atoms with van der Waals surface area (Å²) in [5, 5.41) is 2.87. The standard InChI is InChI=1S/C7H10FN3/c1-2-4-9-7-10-5-3-6(8)11-7/h3,5H,2,4H2,1H3,(H,9,10,11). The number of hydrogen-bond donors (Lipinski definition) is 1. The molecule has 0 aliphatic heterocycles. The number of nitrogens with one attached hydrogen (secondary N) is 1. The zero-order valence-electron chi connectivity index (χ0n) is 6.34. The van der Waals surface area contributed by atoms with Crippen LogP contribution in [-0.4, -0.2) is 16.5 Å². The van der Waals surface area contributed by atoms with Gasteiger partial charge in [-0.3, -0.25) is 0 Å². The highest BCUT2D eigenvalue weighted by molar-refractivity contribution is 5.21. The molecular formula is C7H10FN3. The lowest BCUT2D eigenvalue weighted by Crippen LogP contribution is -2.04. The summed E-state index contributed by atoms with van der Waals surface area (Å²) in [6.45, 7) is 2.79. The Balaban J connectivity index is 2.56. The van der Waals surface area contributed by atoms with Gasteiger partial charge in [0.05, 0.1) is 0 Å². The molecule has 0 atom stereocenters. The van der Waals surface area contributed by atoms with Gasteiger partial charge in [0.25, 0.3) is 0 Å². The fraction of sp³-hybridized carbons (Fsp3) is 0.429. The summed E-state index contributed by atoms with van der Waals surface area (Å²) in [7, 11) is 0. The Morgan fingerprint density at radius 1 is 1.64 bits per heavy atom. The van der Waals surface area contributed by atoms with Gasteiger partial charge >= 0.3 is 0 Å². The minimum absolute atomic E-state index is 0.354. The van der Waals surface area contributed by atoms with E-state index in [1.54, 1.807) is 0 Å². The van der Waals surface area contributed by atoms with Crippen LogP contribution in [0.3, 0.4) is 0 Å². The Hall–Kier alpha value is -1.19. The zero-order chi connectivity index (χ0) is 8.10. The van der Waals surface area contributed by atoms with E-state index in [1.807, 2.05) is 6.92 Å². The van der Waals surface area contributed by atoms with Gasteiger partial charge < -0.3 is 5.32 Å². The summed E-state index contributed by atoms with van der Waals surface area (Å²) in [6.07, 6.45) is 2.36. The van der Waals surface area contributed by atoms with Gasteiger partial charge in [-0.15, -0.1) is 0 Å². The normalized spacial score (nSPS) is 9.64. The summed E-state index contributed by atoms with van der Waals surface area (Å²) in [5.41, 5.74) is 0. The Kier molecular flexibility index (Phi) is 2.77. The quantitative estimate of drug-likeness (QED) is 0.671. The van der Waals surface area contributed by atoms with Crippen LogP contribution in [-0.2, 0) is 0 Å². The molecule has 0 saturated heterocycles. The Labute approximate surface area is 64.7 Å². The third-order valence-electron chi connectivity index (χ3n) is 1.15. The molecule has 0 fully saturated rings. The predicted octanol–water partition coefficient (Wildman–Crippen LogP) is 1.44. The van der Waals surface area contributed by atoms with Gasteiger partial charge in [-0.1, -0.05) is 6.92 Å². The van der Waals surface area contributed by atoms with Crippen molar-refractivity contribution in [1.29, 1.82) is 0 Å². The van der Waals surface area contributed by atoms with Gasteiger partial charge in [0, 0.05) is 18.8 Å². The fourth-order valence-corrected chi connectivity index (χ4v) is 0.659. The molecule has 0 aliphatic rings. The van der Waals surface area contributed by atoms with Crippen LogP contribution in [0.4, 0.5) is 10.3 Å². The lowest BCUT2D eigenvalue weighted by atomic mass is 10.5. The lowest BCUT2D eigenvalue weighted by molar-refractivity contribution is 0.581. The van der Waals surface area contributed by atoms with E-state index < -0.39 is 5.95 Å². The van der Waals surface area contributed by atoms with Gasteiger partial charge in [-0.05, 0) is 6.42 Å². The van der Waals surface area contributed by atoms with Crippen molar-refractivity contribution in [1.82, 2.24) is 9.97 Å². The van der Waals surface area contributed by atoms with Crippen LogP contribution in [0.25, 0.3) is 0 Å². The third-order valence-corrected chi connectivity index (χ3v) is 1.15. The van der Waals surface area contributed by atoms with Gasteiger partial charge in [-0.25, -0.2) is 4.98 Å². The summed E-state index contributed by atoms with van der Waals surface area (Å²) >= 11 is 0. The van der Waals surface area contributed by atoms with Crippen LogP contribution < -0.4 is 5.32 Å². The van der Waals surface area contributed by atoms with Crippen LogP contribution in [0.2, 0.25) is 0 Å².